The van der Waals surface area contributed by atoms with E-state index >= 15 is 0 Å². The third kappa shape index (κ3) is 1.77. The van der Waals surface area contributed by atoms with Gasteiger partial charge >= 0.3 is 0 Å². The Morgan fingerprint density at radius 1 is 0.889 bits per heavy atom. The normalized spacial score (nSPS) is 20.4. The summed E-state index contributed by atoms with van der Waals surface area (Å²) in [5, 5.41) is 38.4. The fraction of sp³-hybridized carbons (Fsp3) is 0.571. The van der Waals surface area contributed by atoms with Gasteiger partial charge in [-0.3, -0.25) is 0 Å². The highest BCUT2D eigenvalue weighted by Gasteiger charge is 2.45. The zero-order chi connectivity index (χ0) is 13.2. The quantitative estimate of drug-likeness (QED) is 0.593. The van der Waals surface area contributed by atoms with Gasteiger partial charge in [0, 0.05) is 10.8 Å². The van der Waals surface area contributed by atoms with Crippen LogP contribution in [-0.2, 0) is 10.8 Å². The summed E-state index contributed by atoms with van der Waals surface area (Å²) in [6.45, 7) is -0.594. The van der Waals surface area contributed by atoms with E-state index in [0.717, 1.165) is 11.1 Å². The van der Waals surface area contributed by atoms with E-state index in [0.29, 0.717) is 12.8 Å². The number of fused-ring (bicyclic) bond motifs is 1. The minimum absolute atomic E-state index is 0.145. The first kappa shape index (κ1) is 13.5. The molecule has 99 valence electrons. The number of rotatable bonds is 4. The van der Waals surface area contributed by atoms with Crippen molar-refractivity contribution in [3.8, 4) is 0 Å². The van der Waals surface area contributed by atoms with Crippen LogP contribution in [-0.4, -0.2) is 46.9 Å². The van der Waals surface area contributed by atoms with Crippen molar-refractivity contribution < 1.29 is 20.4 Å². The van der Waals surface area contributed by atoms with Crippen molar-refractivity contribution in [2.75, 3.05) is 26.4 Å². The zero-order valence-electron chi connectivity index (χ0n) is 10.3. The maximum absolute atomic E-state index is 9.61. The summed E-state index contributed by atoms with van der Waals surface area (Å²) in [5.74, 6) is 0. The highest BCUT2D eigenvalue weighted by atomic mass is 16.3. The van der Waals surface area contributed by atoms with Crippen LogP contribution in [0.5, 0.6) is 0 Å². The standard InChI is InChI=1S/C14H19O4/c15-7-13(8-16)5-6-14(9-17,10-18)12-4-2-1-3-11(12)13/h1,3-4,15-18H,5-10H2. The van der Waals surface area contributed by atoms with Gasteiger partial charge in [0.2, 0.25) is 0 Å². The third-order valence-corrected chi connectivity index (χ3v) is 4.30. The van der Waals surface area contributed by atoms with E-state index < -0.39 is 10.8 Å². The van der Waals surface area contributed by atoms with E-state index in [1.807, 2.05) is 0 Å². The SMILES string of the molecule is OCC1(CO)CCC(CO)(CO)c2cc[c]cc21. The zero-order valence-corrected chi connectivity index (χ0v) is 10.3. The van der Waals surface area contributed by atoms with Crippen molar-refractivity contribution in [3.05, 3.63) is 35.4 Å². The van der Waals surface area contributed by atoms with Crippen molar-refractivity contribution in [2.45, 2.75) is 23.7 Å². The lowest BCUT2D eigenvalue weighted by molar-refractivity contribution is 0.0526. The second-order valence-corrected chi connectivity index (χ2v) is 5.16. The molecule has 0 heterocycles. The van der Waals surface area contributed by atoms with Crippen molar-refractivity contribution in [3.63, 3.8) is 0 Å². The van der Waals surface area contributed by atoms with Crippen LogP contribution in [0.3, 0.4) is 0 Å². The van der Waals surface area contributed by atoms with Gasteiger partial charge in [-0.15, -0.1) is 0 Å². The molecule has 4 N–H and O–H groups in total. The Bertz CT molecular complexity index is 369. The first-order valence-electron chi connectivity index (χ1n) is 6.12. The molecule has 4 heteroatoms. The molecule has 18 heavy (non-hydrogen) atoms. The predicted octanol–water partition coefficient (Wildman–Crippen LogP) is -0.275. The number of aliphatic hydroxyl groups excluding tert-OH is 4. The van der Waals surface area contributed by atoms with Crippen LogP contribution >= 0.6 is 0 Å². The van der Waals surface area contributed by atoms with E-state index in [1.165, 1.54) is 0 Å². The van der Waals surface area contributed by atoms with E-state index in [9.17, 15) is 20.4 Å². The second-order valence-electron chi connectivity index (χ2n) is 5.16. The van der Waals surface area contributed by atoms with Gasteiger partial charge in [0.1, 0.15) is 0 Å². The van der Waals surface area contributed by atoms with Gasteiger partial charge in [-0.2, -0.15) is 0 Å². The molecule has 0 atom stereocenters. The first-order chi connectivity index (χ1) is 8.68. The van der Waals surface area contributed by atoms with E-state index in [-0.39, 0.29) is 26.4 Å². The molecule has 1 aliphatic rings. The lowest BCUT2D eigenvalue weighted by Crippen LogP contribution is -2.48. The highest BCUT2D eigenvalue weighted by Crippen LogP contribution is 2.45. The van der Waals surface area contributed by atoms with Crippen molar-refractivity contribution in [2.24, 2.45) is 0 Å². The van der Waals surface area contributed by atoms with Gasteiger partial charge in [-0.05, 0) is 30.0 Å². The molecule has 0 bridgehead atoms. The Hall–Kier alpha value is -0.940. The molecule has 0 amide bonds. The van der Waals surface area contributed by atoms with Gasteiger partial charge in [-0.1, -0.05) is 18.2 Å². The molecule has 1 aliphatic carbocycles. The Morgan fingerprint density at radius 3 is 1.89 bits per heavy atom. The van der Waals surface area contributed by atoms with Gasteiger partial charge in [0.05, 0.1) is 26.4 Å². The van der Waals surface area contributed by atoms with Crippen LogP contribution in [0.2, 0.25) is 0 Å². The average molecular weight is 251 g/mol. The van der Waals surface area contributed by atoms with Gasteiger partial charge in [-0.25, -0.2) is 0 Å². The molecule has 1 aromatic carbocycles. The Labute approximate surface area is 107 Å². The lowest BCUT2D eigenvalue weighted by Gasteiger charge is -2.45. The summed E-state index contributed by atoms with van der Waals surface area (Å²) in [4.78, 5) is 0. The van der Waals surface area contributed by atoms with Crippen LogP contribution in [0.25, 0.3) is 0 Å². The van der Waals surface area contributed by atoms with Gasteiger partial charge in [0.15, 0.2) is 0 Å². The maximum atomic E-state index is 9.61. The van der Waals surface area contributed by atoms with Gasteiger partial charge < -0.3 is 20.4 Å². The summed E-state index contributed by atoms with van der Waals surface area (Å²) < 4.78 is 0. The van der Waals surface area contributed by atoms with Crippen molar-refractivity contribution in [1.82, 2.24) is 0 Å². The van der Waals surface area contributed by atoms with Crippen LogP contribution in [0.4, 0.5) is 0 Å². The summed E-state index contributed by atoms with van der Waals surface area (Å²) in [6.07, 6.45) is 1.07. The topological polar surface area (TPSA) is 80.9 Å². The molecule has 0 saturated carbocycles. The molecule has 0 saturated heterocycles. The second kappa shape index (κ2) is 4.97. The molecule has 2 rings (SSSR count). The lowest BCUT2D eigenvalue weighted by atomic mass is 9.61. The number of benzene rings is 1. The molecule has 0 unspecified atom stereocenters. The molecular weight excluding hydrogens is 232 g/mol. The minimum Gasteiger partial charge on any atom is -0.395 e. The fourth-order valence-electron chi connectivity index (χ4n) is 2.84. The predicted molar refractivity (Wildman–Crippen MR) is 66.2 cm³/mol. The van der Waals surface area contributed by atoms with Gasteiger partial charge in [0.25, 0.3) is 0 Å². The molecule has 0 spiro atoms. The monoisotopic (exact) mass is 251 g/mol. The molecular formula is C14H19O4. The van der Waals surface area contributed by atoms with Crippen LogP contribution in [0.1, 0.15) is 24.0 Å². The van der Waals surface area contributed by atoms with Crippen LogP contribution in [0.15, 0.2) is 18.2 Å². The Morgan fingerprint density at radius 2 is 1.39 bits per heavy atom. The Kier molecular flexibility index (Phi) is 3.73. The molecule has 0 aromatic heterocycles. The molecule has 1 aromatic rings. The van der Waals surface area contributed by atoms with Crippen LogP contribution < -0.4 is 0 Å². The molecule has 0 aliphatic heterocycles. The number of hydrogen-bond acceptors (Lipinski definition) is 4. The average Bonchev–Trinajstić information content (AvgIpc) is 2.46. The Balaban J connectivity index is 2.60. The number of hydrogen-bond donors (Lipinski definition) is 4. The fourth-order valence-corrected chi connectivity index (χ4v) is 2.84. The minimum atomic E-state index is -0.694. The summed E-state index contributed by atoms with van der Waals surface area (Å²) in [5.41, 5.74) is 0.212. The first-order valence-corrected chi connectivity index (χ1v) is 6.12. The smallest absolute Gasteiger partial charge is 0.0550 e. The van der Waals surface area contributed by atoms with E-state index in [2.05, 4.69) is 6.07 Å². The highest BCUT2D eigenvalue weighted by molar-refractivity contribution is 5.43. The van der Waals surface area contributed by atoms with Crippen molar-refractivity contribution >= 4 is 0 Å². The summed E-state index contributed by atoms with van der Waals surface area (Å²) >= 11 is 0. The largest absolute Gasteiger partial charge is 0.395 e. The molecule has 0 fully saturated rings. The van der Waals surface area contributed by atoms with E-state index in [1.54, 1.807) is 18.2 Å². The number of aliphatic hydroxyl groups is 4. The van der Waals surface area contributed by atoms with Crippen LogP contribution in [0, 0.1) is 6.07 Å². The molecule has 4 nitrogen and oxygen atoms in total. The van der Waals surface area contributed by atoms with E-state index in [4.69, 9.17) is 0 Å². The third-order valence-electron chi connectivity index (χ3n) is 4.30. The maximum Gasteiger partial charge on any atom is 0.0550 e. The van der Waals surface area contributed by atoms with Crippen molar-refractivity contribution in [1.29, 1.82) is 0 Å². The molecule has 1 radical (unpaired) electrons. The summed E-state index contributed by atoms with van der Waals surface area (Å²) in [6, 6.07) is 8.21. The summed E-state index contributed by atoms with van der Waals surface area (Å²) in [7, 11) is 0.